The third-order valence-electron chi connectivity index (χ3n) is 6.17. The van der Waals surface area contributed by atoms with E-state index in [1.807, 2.05) is 4.90 Å². The molecule has 1 aliphatic heterocycles. The summed E-state index contributed by atoms with van der Waals surface area (Å²) < 4.78 is 75.3. The van der Waals surface area contributed by atoms with Crippen molar-refractivity contribution in [3.05, 3.63) is 63.9 Å². The van der Waals surface area contributed by atoms with E-state index in [1.165, 1.54) is 18.2 Å². The average Bonchev–Trinajstić information content (AvgIpc) is 3.24. The van der Waals surface area contributed by atoms with Crippen LogP contribution in [0.15, 0.2) is 30.6 Å². The van der Waals surface area contributed by atoms with Gasteiger partial charge in [0.1, 0.15) is 6.67 Å². The number of anilines is 1. The second kappa shape index (κ2) is 12.1. The number of aryl methyl sites for hydroxylation is 1. The highest BCUT2D eigenvalue weighted by molar-refractivity contribution is 7.06. The van der Waals surface area contributed by atoms with Gasteiger partial charge in [-0.3, -0.25) is 9.78 Å². The summed E-state index contributed by atoms with van der Waals surface area (Å²) in [4.78, 5) is 22.8. The van der Waals surface area contributed by atoms with Gasteiger partial charge in [0.15, 0.2) is 17.3 Å². The molecule has 1 aliphatic rings. The molecule has 1 aromatic carbocycles. The van der Waals surface area contributed by atoms with Gasteiger partial charge < -0.3 is 15.0 Å². The Morgan fingerprint density at radius 3 is 2.79 bits per heavy atom. The SMILES string of the molecule is Cc1nsc(Cc2cnc(C(F)(F)F)cn2)c1C(=O)Nc1ccc(F)c(OCC2CCCN(CCF)C2)c1. The van der Waals surface area contributed by atoms with Crippen molar-refractivity contribution in [1.29, 1.82) is 0 Å². The van der Waals surface area contributed by atoms with Crippen LogP contribution in [0.25, 0.3) is 0 Å². The predicted molar refractivity (Wildman–Crippen MR) is 132 cm³/mol. The Kier molecular flexibility index (Phi) is 8.87. The molecule has 13 heteroatoms. The maximum Gasteiger partial charge on any atom is 0.434 e. The Hall–Kier alpha value is -3.19. The molecule has 0 bridgehead atoms. The minimum Gasteiger partial charge on any atom is -0.490 e. The Labute approximate surface area is 220 Å². The number of amides is 1. The third kappa shape index (κ3) is 7.01. The highest BCUT2D eigenvalue weighted by Gasteiger charge is 2.33. The number of likely N-dealkylation sites (tertiary alicyclic amines) is 1. The van der Waals surface area contributed by atoms with Crippen LogP contribution in [-0.2, 0) is 12.6 Å². The maximum atomic E-state index is 14.4. The van der Waals surface area contributed by atoms with Crippen molar-refractivity contribution in [2.45, 2.75) is 32.4 Å². The normalized spacial score (nSPS) is 16.4. The molecular formula is C25H26F5N5O2S. The van der Waals surface area contributed by atoms with E-state index in [0.29, 0.717) is 35.5 Å². The molecule has 3 heterocycles. The van der Waals surface area contributed by atoms with Gasteiger partial charge in [0.25, 0.3) is 5.91 Å². The lowest BCUT2D eigenvalue weighted by Crippen LogP contribution is -2.38. The number of halogens is 5. The van der Waals surface area contributed by atoms with Crippen LogP contribution in [0.5, 0.6) is 5.75 Å². The minimum atomic E-state index is -4.60. The standard InChI is InChI=1S/C25H26F5N5O2S/c1-15-23(21(38-34-15)10-18-11-32-22(12-31-18)25(28,29)30)24(36)33-17-4-5-19(27)20(9-17)37-14-16-3-2-7-35(13-16)8-6-26/h4-5,9,11-12,16H,2-3,6-8,10,13-14H2,1H3,(H,33,36). The van der Waals surface area contributed by atoms with Crippen LogP contribution in [0.3, 0.4) is 0 Å². The first-order chi connectivity index (χ1) is 18.1. The van der Waals surface area contributed by atoms with Crippen molar-refractivity contribution in [2.75, 3.05) is 38.2 Å². The van der Waals surface area contributed by atoms with E-state index in [0.717, 1.165) is 37.1 Å². The Balaban J connectivity index is 1.42. The fraction of sp³-hybridized carbons (Fsp3) is 0.440. The number of carbonyl (C=O) groups excluding carboxylic acids is 1. The van der Waals surface area contributed by atoms with Gasteiger partial charge in [-0.2, -0.15) is 17.5 Å². The molecule has 1 unspecified atom stereocenters. The number of ether oxygens (including phenoxy) is 1. The number of benzene rings is 1. The van der Waals surface area contributed by atoms with Crippen molar-refractivity contribution < 1.29 is 31.5 Å². The molecule has 0 aliphatic carbocycles. The molecule has 204 valence electrons. The second-order valence-electron chi connectivity index (χ2n) is 9.04. The predicted octanol–water partition coefficient (Wildman–Crippen LogP) is 5.30. The zero-order chi connectivity index (χ0) is 27.3. The van der Waals surface area contributed by atoms with Gasteiger partial charge in [0.2, 0.25) is 0 Å². The second-order valence-corrected chi connectivity index (χ2v) is 9.90. The molecule has 38 heavy (non-hydrogen) atoms. The summed E-state index contributed by atoms with van der Waals surface area (Å²) in [6.45, 7) is 3.38. The molecule has 1 fully saturated rings. The summed E-state index contributed by atoms with van der Waals surface area (Å²) in [5.74, 6) is -0.943. The quantitative estimate of drug-likeness (QED) is 0.361. The Bertz CT molecular complexity index is 1250. The lowest BCUT2D eigenvalue weighted by atomic mass is 9.99. The van der Waals surface area contributed by atoms with E-state index in [4.69, 9.17) is 4.74 Å². The van der Waals surface area contributed by atoms with Crippen molar-refractivity contribution >= 4 is 23.1 Å². The molecular weight excluding hydrogens is 529 g/mol. The highest BCUT2D eigenvalue weighted by Crippen LogP contribution is 2.29. The molecule has 0 saturated carbocycles. The Morgan fingerprint density at radius 1 is 1.26 bits per heavy atom. The van der Waals surface area contributed by atoms with Gasteiger partial charge in [-0.15, -0.1) is 0 Å². The molecule has 4 rings (SSSR count). The summed E-state index contributed by atoms with van der Waals surface area (Å²) in [5.41, 5.74) is 0.158. The molecule has 1 atom stereocenters. The fourth-order valence-electron chi connectivity index (χ4n) is 4.29. The average molecular weight is 556 g/mol. The molecule has 0 radical (unpaired) electrons. The number of nitrogens with one attached hydrogen (secondary N) is 1. The lowest BCUT2D eigenvalue weighted by molar-refractivity contribution is -0.141. The highest BCUT2D eigenvalue weighted by atomic mass is 32.1. The van der Waals surface area contributed by atoms with Crippen molar-refractivity contribution in [3.63, 3.8) is 0 Å². The van der Waals surface area contributed by atoms with Crippen LogP contribution in [0.1, 0.15) is 45.2 Å². The number of piperidine rings is 1. The maximum absolute atomic E-state index is 14.4. The van der Waals surface area contributed by atoms with Gasteiger partial charge >= 0.3 is 6.18 Å². The number of aromatic nitrogens is 3. The van der Waals surface area contributed by atoms with E-state index in [9.17, 15) is 26.7 Å². The van der Waals surface area contributed by atoms with Gasteiger partial charge in [0.05, 0.1) is 29.8 Å². The first-order valence-corrected chi connectivity index (χ1v) is 12.8. The van der Waals surface area contributed by atoms with E-state index in [2.05, 4.69) is 19.7 Å². The van der Waals surface area contributed by atoms with Crippen LogP contribution < -0.4 is 10.1 Å². The number of alkyl halides is 4. The summed E-state index contributed by atoms with van der Waals surface area (Å²) in [5, 5.41) is 2.72. The van der Waals surface area contributed by atoms with Crippen LogP contribution >= 0.6 is 11.5 Å². The van der Waals surface area contributed by atoms with Gasteiger partial charge in [-0.1, -0.05) is 0 Å². The van der Waals surface area contributed by atoms with Crippen LogP contribution in [-0.4, -0.2) is 58.1 Å². The fourth-order valence-corrected chi connectivity index (χ4v) is 5.17. The van der Waals surface area contributed by atoms with Crippen LogP contribution in [0.2, 0.25) is 0 Å². The molecule has 7 nitrogen and oxygen atoms in total. The molecule has 2 aromatic heterocycles. The first-order valence-electron chi connectivity index (χ1n) is 12.0. The molecule has 3 aromatic rings. The number of hydrogen-bond donors (Lipinski definition) is 1. The zero-order valence-electron chi connectivity index (χ0n) is 20.5. The zero-order valence-corrected chi connectivity index (χ0v) is 21.3. The summed E-state index contributed by atoms with van der Waals surface area (Å²) in [6.07, 6.45) is -1.04. The third-order valence-corrected chi connectivity index (χ3v) is 7.10. The molecule has 1 saturated heterocycles. The van der Waals surface area contributed by atoms with Gasteiger partial charge in [0, 0.05) is 48.3 Å². The number of nitrogens with zero attached hydrogens (tertiary/aromatic N) is 4. The van der Waals surface area contributed by atoms with Crippen molar-refractivity contribution in [1.82, 2.24) is 19.2 Å². The van der Waals surface area contributed by atoms with E-state index in [1.54, 1.807) is 6.92 Å². The largest absolute Gasteiger partial charge is 0.490 e. The Morgan fingerprint density at radius 2 is 2.08 bits per heavy atom. The van der Waals surface area contributed by atoms with Crippen LogP contribution in [0, 0.1) is 18.7 Å². The molecule has 0 spiro atoms. The topological polar surface area (TPSA) is 80.2 Å². The summed E-state index contributed by atoms with van der Waals surface area (Å²) in [6, 6.07) is 3.99. The van der Waals surface area contributed by atoms with Crippen LogP contribution in [0.4, 0.5) is 27.6 Å². The van der Waals surface area contributed by atoms with Gasteiger partial charge in [-0.05, 0) is 50.0 Å². The molecule has 1 amide bonds. The summed E-state index contributed by atoms with van der Waals surface area (Å²) in [7, 11) is 0. The lowest BCUT2D eigenvalue weighted by Gasteiger charge is -2.31. The smallest absolute Gasteiger partial charge is 0.434 e. The number of hydrogen-bond acceptors (Lipinski definition) is 7. The number of rotatable bonds is 9. The first kappa shape index (κ1) is 27.8. The molecule has 1 N–H and O–H groups in total. The van der Waals surface area contributed by atoms with E-state index in [-0.39, 0.29) is 36.0 Å². The van der Waals surface area contributed by atoms with Crippen molar-refractivity contribution in [3.8, 4) is 5.75 Å². The minimum absolute atomic E-state index is 0.00849. The van der Waals surface area contributed by atoms with E-state index < -0.39 is 30.3 Å². The monoisotopic (exact) mass is 555 g/mol. The summed E-state index contributed by atoms with van der Waals surface area (Å²) >= 11 is 1.04. The van der Waals surface area contributed by atoms with E-state index >= 15 is 0 Å². The van der Waals surface area contributed by atoms with Gasteiger partial charge in [-0.25, -0.2) is 13.8 Å². The number of carbonyl (C=O) groups is 1. The van der Waals surface area contributed by atoms with Crippen molar-refractivity contribution in [2.24, 2.45) is 5.92 Å².